The van der Waals surface area contributed by atoms with Crippen molar-refractivity contribution in [3.05, 3.63) is 0 Å². The van der Waals surface area contributed by atoms with Gasteiger partial charge in [-0.1, -0.05) is 20.8 Å². The van der Waals surface area contributed by atoms with Crippen molar-refractivity contribution in [3.8, 4) is 0 Å². The van der Waals surface area contributed by atoms with E-state index in [9.17, 15) is 9.59 Å². The van der Waals surface area contributed by atoms with Crippen molar-refractivity contribution in [2.24, 2.45) is 5.92 Å². The van der Waals surface area contributed by atoms with E-state index in [1.54, 1.807) is 0 Å². The molecular formula is C20H38O7. The van der Waals surface area contributed by atoms with Crippen LogP contribution in [-0.2, 0) is 33.3 Å². The number of hydrogen-bond donors (Lipinski definition) is 0. The highest BCUT2D eigenvalue weighted by Gasteiger charge is 2.06. The Morgan fingerprint density at radius 2 is 0.963 bits per heavy atom. The Kier molecular flexibility index (Phi) is 19.3. The number of ether oxygens (including phenoxy) is 5. The highest BCUT2D eigenvalue weighted by Crippen LogP contribution is 1.98. The van der Waals surface area contributed by atoms with Crippen LogP contribution >= 0.6 is 0 Å². The fraction of sp³-hybridized carbons (Fsp3) is 0.900. The van der Waals surface area contributed by atoms with Crippen LogP contribution in [0, 0.1) is 5.92 Å². The fourth-order valence-corrected chi connectivity index (χ4v) is 2.03. The highest BCUT2D eigenvalue weighted by atomic mass is 16.6. The summed E-state index contributed by atoms with van der Waals surface area (Å²) in [4.78, 5) is 22.7. The SMILES string of the molecule is CCCC(=O)CCOCCOCCOCCOCCOCCC(=O)C(C)C. The van der Waals surface area contributed by atoms with Gasteiger partial charge in [0.25, 0.3) is 0 Å². The van der Waals surface area contributed by atoms with Crippen LogP contribution < -0.4 is 0 Å². The quantitative estimate of drug-likeness (QED) is 0.279. The predicted molar refractivity (Wildman–Crippen MR) is 103 cm³/mol. The van der Waals surface area contributed by atoms with E-state index >= 15 is 0 Å². The Morgan fingerprint density at radius 3 is 1.33 bits per heavy atom. The Labute approximate surface area is 164 Å². The van der Waals surface area contributed by atoms with Crippen LogP contribution in [0.2, 0.25) is 0 Å². The van der Waals surface area contributed by atoms with Crippen LogP contribution in [0.1, 0.15) is 46.5 Å². The molecule has 0 aliphatic heterocycles. The normalized spacial score (nSPS) is 11.3. The van der Waals surface area contributed by atoms with Crippen molar-refractivity contribution in [2.75, 3.05) is 66.1 Å². The Bertz CT molecular complexity index is 358. The summed E-state index contributed by atoms with van der Waals surface area (Å²) in [5.74, 6) is 0.543. The molecule has 7 heteroatoms. The van der Waals surface area contributed by atoms with Crippen LogP contribution in [0.25, 0.3) is 0 Å². The molecule has 160 valence electrons. The lowest BCUT2D eigenvalue weighted by Gasteiger charge is -2.08. The predicted octanol–water partition coefficient (Wildman–Crippen LogP) is 2.44. The molecule has 0 aromatic rings. The number of ketones is 2. The van der Waals surface area contributed by atoms with E-state index in [0.29, 0.717) is 85.3 Å². The summed E-state index contributed by atoms with van der Waals surface area (Å²) in [6, 6.07) is 0. The molecule has 0 spiro atoms. The third kappa shape index (κ3) is 19.7. The van der Waals surface area contributed by atoms with Gasteiger partial charge in [-0.15, -0.1) is 0 Å². The van der Waals surface area contributed by atoms with Crippen LogP contribution in [0.4, 0.5) is 0 Å². The average Bonchev–Trinajstić information content (AvgIpc) is 2.64. The van der Waals surface area contributed by atoms with Gasteiger partial charge in [-0.05, 0) is 6.42 Å². The van der Waals surface area contributed by atoms with Crippen LogP contribution in [0.5, 0.6) is 0 Å². The monoisotopic (exact) mass is 390 g/mol. The number of carbonyl (C=O) groups is 2. The lowest BCUT2D eigenvalue weighted by atomic mass is 10.1. The molecule has 0 saturated heterocycles. The van der Waals surface area contributed by atoms with E-state index in [2.05, 4.69) is 0 Å². The van der Waals surface area contributed by atoms with Gasteiger partial charge < -0.3 is 23.7 Å². The second-order valence-electron chi connectivity index (χ2n) is 6.47. The second-order valence-corrected chi connectivity index (χ2v) is 6.47. The first-order valence-corrected chi connectivity index (χ1v) is 10.0. The minimum absolute atomic E-state index is 0.0692. The molecule has 0 radical (unpaired) electrons. The van der Waals surface area contributed by atoms with Gasteiger partial charge >= 0.3 is 0 Å². The third-order valence-corrected chi connectivity index (χ3v) is 3.68. The summed E-state index contributed by atoms with van der Waals surface area (Å²) in [6.07, 6.45) is 2.47. The molecule has 0 rings (SSSR count). The van der Waals surface area contributed by atoms with Gasteiger partial charge in [0.1, 0.15) is 11.6 Å². The summed E-state index contributed by atoms with van der Waals surface area (Å²) in [5.41, 5.74) is 0. The van der Waals surface area contributed by atoms with E-state index in [0.717, 1.165) is 6.42 Å². The van der Waals surface area contributed by atoms with Crippen molar-refractivity contribution < 1.29 is 33.3 Å². The maximum atomic E-state index is 11.4. The summed E-state index contributed by atoms with van der Waals surface area (Å²) < 4.78 is 26.8. The van der Waals surface area contributed by atoms with Crippen molar-refractivity contribution in [2.45, 2.75) is 46.5 Å². The molecule has 0 aliphatic rings. The standard InChI is InChI=1S/C20H38O7/c1-4-5-19(21)6-8-23-10-12-25-14-16-27-17-15-26-13-11-24-9-7-20(22)18(2)3/h18H,4-17H2,1-3H3. The van der Waals surface area contributed by atoms with Gasteiger partial charge in [0.15, 0.2) is 0 Å². The maximum absolute atomic E-state index is 11.4. The van der Waals surface area contributed by atoms with Gasteiger partial charge in [-0.3, -0.25) is 9.59 Å². The van der Waals surface area contributed by atoms with Gasteiger partial charge in [0, 0.05) is 25.2 Å². The number of hydrogen-bond acceptors (Lipinski definition) is 7. The van der Waals surface area contributed by atoms with Gasteiger partial charge in [-0.2, -0.15) is 0 Å². The van der Waals surface area contributed by atoms with E-state index in [-0.39, 0.29) is 17.5 Å². The Balaban J connectivity index is 3.11. The summed E-state index contributed by atoms with van der Waals surface area (Å²) in [6.45, 7) is 10.7. The molecule has 0 saturated carbocycles. The molecule has 0 N–H and O–H groups in total. The average molecular weight is 391 g/mol. The summed E-state index contributed by atoms with van der Waals surface area (Å²) >= 11 is 0. The van der Waals surface area contributed by atoms with Crippen LogP contribution in [0.3, 0.4) is 0 Å². The van der Waals surface area contributed by atoms with Crippen LogP contribution in [0.15, 0.2) is 0 Å². The second kappa shape index (κ2) is 19.9. The maximum Gasteiger partial charge on any atom is 0.137 e. The molecule has 0 atom stereocenters. The van der Waals surface area contributed by atoms with E-state index in [1.165, 1.54) is 0 Å². The number of rotatable bonds is 21. The molecule has 0 aromatic heterocycles. The smallest absolute Gasteiger partial charge is 0.137 e. The summed E-state index contributed by atoms with van der Waals surface area (Å²) in [5, 5.41) is 0. The lowest BCUT2D eigenvalue weighted by molar-refractivity contribution is -0.123. The van der Waals surface area contributed by atoms with Crippen LogP contribution in [-0.4, -0.2) is 77.6 Å². The highest BCUT2D eigenvalue weighted by molar-refractivity contribution is 5.80. The van der Waals surface area contributed by atoms with Crippen molar-refractivity contribution in [3.63, 3.8) is 0 Å². The zero-order valence-corrected chi connectivity index (χ0v) is 17.3. The van der Waals surface area contributed by atoms with E-state index in [4.69, 9.17) is 23.7 Å². The lowest BCUT2D eigenvalue weighted by Crippen LogP contribution is -2.14. The zero-order chi connectivity index (χ0) is 20.2. The third-order valence-electron chi connectivity index (χ3n) is 3.68. The zero-order valence-electron chi connectivity index (χ0n) is 17.3. The molecule has 0 aromatic carbocycles. The molecule has 0 unspecified atom stereocenters. The minimum Gasteiger partial charge on any atom is -0.379 e. The molecule has 0 bridgehead atoms. The summed E-state index contributed by atoms with van der Waals surface area (Å²) in [7, 11) is 0. The first kappa shape index (κ1) is 26.1. The van der Waals surface area contributed by atoms with Gasteiger partial charge in [0.2, 0.25) is 0 Å². The minimum atomic E-state index is 0.0692. The number of carbonyl (C=O) groups excluding carboxylic acids is 2. The Morgan fingerprint density at radius 1 is 0.593 bits per heavy atom. The first-order valence-electron chi connectivity index (χ1n) is 10.0. The molecule has 0 amide bonds. The number of Topliss-reactive ketones (excluding diaryl/α,β-unsaturated/α-hetero) is 2. The fourth-order valence-electron chi connectivity index (χ4n) is 2.03. The topological polar surface area (TPSA) is 80.3 Å². The molecule has 0 aliphatic carbocycles. The first-order chi connectivity index (χ1) is 13.1. The van der Waals surface area contributed by atoms with E-state index < -0.39 is 0 Å². The molecule has 0 heterocycles. The Hall–Kier alpha value is -0.860. The largest absolute Gasteiger partial charge is 0.379 e. The van der Waals surface area contributed by atoms with Gasteiger partial charge in [-0.25, -0.2) is 0 Å². The molecule has 27 heavy (non-hydrogen) atoms. The van der Waals surface area contributed by atoms with Gasteiger partial charge in [0.05, 0.1) is 66.1 Å². The molecule has 0 fully saturated rings. The molecule has 7 nitrogen and oxygen atoms in total. The van der Waals surface area contributed by atoms with Crippen molar-refractivity contribution in [1.82, 2.24) is 0 Å². The van der Waals surface area contributed by atoms with Crippen molar-refractivity contribution in [1.29, 1.82) is 0 Å². The molecular weight excluding hydrogens is 352 g/mol. The van der Waals surface area contributed by atoms with Crippen molar-refractivity contribution >= 4 is 11.6 Å². The van der Waals surface area contributed by atoms with E-state index in [1.807, 2.05) is 20.8 Å².